The fraction of sp³-hybridized carbons (Fsp3) is 0.261. The Labute approximate surface area is 172 Å². The Hall–Kier alpha value is -2.47. The quantitative estimate of drug-likeness (QED) is 0.340. The Kier molecular flexibility index (Phi) is 5.94. The van der Waals surface area contributed by atoms with Crippen LogP contribution in [-0.2, 0) is 6.18 Å². The topological polar surface area (TPSA) is 22.0 Å². The number of carbonyl (C=O) groups is 1. The van der Waals surface area contributed by atoms with E-state index in [4.69, 9.17) is 0 Å². The molecule has 152 valence electrons. The molecule has 6 heteroatoms. The fourth-order valence-electron chi connectivity index (χ4n) is 3.29. The van der Waals surface area contributed by atoms with Crippen LogP contribution in [0, 0.1) is 27.7 Å². The number of alkyl halides is 3. The Bertz CT molecular complexity index is 1070. The Morgan fingerprint density at radius 3 is 2.34 bits per heavy atom. The number of hydrogen-bond acceptors (Lipinski definition) is 2. The first kappa shape index (κ1) is 21.2. The van der Waals surface area contributed by atoms with Gasteiger partial charge in [-0.2, -0.15) is 13.2 Å². The van der Waals surface area contributed by atoms with E-state index in [0.717, 1.165) is 22.7 Å². The van der Waals surface area contributed by atoms with Crippen LogP contribution >= 0.6 is 11.8 Å². The molecule has 0 radical (unpaired) electrons. The van der Waals surface area contributed by atoms with E-state index in [1.165, 1.54) is 29.0 Å². The van der Waals surface area contributed by atoms with Crippen molar-refractivity contribution in [1.29, 1.82) is 0 Å². The number of aryl methyl sites for hydroxylation is 3. The van der Waals surface area contributed by atoms with E-state index >= 15 is 0 Å². The van der Waals surface area contributed by atoms with Gasteiger partial charge in [0.1, 0.15) is 0 Å². The van der Waals surface area contributed by atoms with Gasteiger partial charge in [0.15, 0.2) is 5.78 Å². The number of aromatic nitrogens is 1. The van der Waals surface area contributed by atoms with Crippen LogP contribution in [0.3, 0.4) is 0 Å². The summed E-state index contributed by atoms with van der Waals surface area (Å²) in [5.41, 5.74) is 3.97. The molecule has 0 aliphatic rings. The smallest absolute Gasteiger partial charge is 0.318 e. The summed E-state index contributed by atoms with van der Waals surface area (Å²) in [5, 5.41) is 0. The molecule has 2 aromatic carbocycles. The van der Waals surface area contributed by atoms with Crippen molar-refractivity contribution in [3.63, 3.8) is 0 Å². The average molecular weight is 417 g/mol. The Balaban J connectivity index is 1.85. The van der Waals surface area contributed by atoms with Crippen LogP contribution in [0.1, 0.15) is 38.4 Å². The zero-order chi connectivity index (χ0) is 21.3. The predicted molar refractivity (Wildman–Crippen MR) is 111 cm³/mol. The van der Waals surface area contributed by atoms with Gasteiger partial charge < -0.3 is 4.57 Å². The molecule has 29 heavy (non-hydrogen) atoms. The highest BCUT2D eigenvalue weighted by atomic mass is 32.2. The Morgan fingerprint density at radius 1 is 0.966 bits per heavy atom. The van der Waals surface area contributed by atoms with Crippen molar-refractivity contribution in [2.24, 2.45) is 0 Å². The highest BCUT2D eigenvalue weighted by molar-refractivity contribution is 8.00. The maximum atomic E-state index is 13.1. The van der Waals surface area contributed by atoms with Crippen molar-refractivity contribution >= 4 is 17.5 Å². The number of benzene rings is 2. The third-order valence-corrected chi connectivity index (χ3v) is 6.01. The number of carbonyl (C=O) groups excluding carboxylic acids is 1. The van der Waals surface area contributed by atoms with Crippen LogP contribution in [0.5, 0.6) is 0 Å². The second-order valence-electron chi connectivity index (χ2n) is 7.13. The van der Waals surface area contributed by atoms with Gasteiger partial charge in [-0.3, -0.25) is 4.79 Å². The molecule has 0 aliphatic carbocycles. The van der Waals surface area contributed by atoms with Crippen LogP contribution in [0.15, 0.2) is 53.4 Å². The molecule has 3 aromatic rings. The number of ketones is 1. The van der Waals surface area contributed by atoms with E-state index in [2.05, 4.69) is 6.07 Å². The summed E-state index contributed by atoms with van der Waals surface area (Å²) in [7, 11) is 0. The summed E-state index contributed by atoms with van der Waals surface area (Å²) in [6.45, 7) is 7.63. The van der Waals surface area contributed by atoms with Crippen LogP contribution in [0.25, 0.3) is 5.69 Å². The largest absolute Gasteiger partial charge is 0.416 e. The molecule has 0 N–H and O–H groups in total. The van der Waals surface area contributed by atoms with Gasteiger partial charge in [0.2, 0.25) is 0 Å². The first-order chi connectivity index (χ1) is 13.6. The molecule has 0 atom stereocenters. The van der Waals surface area contributed by atoms with Gasteiger partial charge in [-0.1, -0.05) is 12.1 Å². The summed E-state index contributed by atoms with van der Waals surface area (Å²) in [5.74, 6) is 0.231. The lowest BCUT2D eigenvalue weighted by Gasteiger charge is -2.13. The normalized spacial score (nSPS) is 11.7. The molecule has 0 unspecified atom stereocenters. The van der Waals surface area contributed by atoms with Gasteiger partial charge in [0, 0.05) is 27.5 Å². The molecular weight excluding hydrogens is 395 g/mol. The second kappa shape index (κ2) is 8.11. The molecule has 0 bridgehead atoms. The van der Waals surface area contributed by atoms with Crippen LogP contribution < -0.4 is 0 Å². The third-order valence-electron chi connectivity index (χ3n) is 5.01. The minimum absolute atomic E-state index is 0.0421. The van der Waals surface area contributed by atoms with E-state index in [1.807, 2.05) is 26.0 Å². The second-order valence-corrected chi connectivity index (χ2v) is 8.17. The van der Waals surface area contributed by atoms with Gasteiger partial charge in [-0.15, -0.1) is 11.8 Å². The zero-order valence-electron chi connectivity index (χ0n) is 16.7. The molecule has 0 saturated carbocycles. The summed E-state index contributed by atoms with van der Waals surface area (Å²) in [4.78, 5) is 13.8. The van der Waals surface area contributed by atoms with Crippen LogP contribution in [0.2, 0.25) is 0 Å². The number of Topliss-reactive ketones (excluding diaryl/α,β-unsaturated/α-hetero) is 1. The van der Waals surface area contributed by atoms with Gasteiger partial charge in [0.25, 0.3) is 0 Å². The minimum atomic E-state index is -4.41. The van der Waals surface area contributed by atoms with E-state index in [1.54, 1.807) is 30.5 Å². The number of rotatable bonds is 5. The van der Waals surface area contributed by atoms with Gasteiger partial charge in [-0.25, -0.2) is 0 Å². The molecule has 3 rings (SSSR count). The Morgan fingerprint density at radius 2 is 1.69 bits per heavy atom. The first-order valence-electron chi connectivity index (χ1n) is 9.17. The monoisotopic (exact) mass is 417 g/mol. The molecule has 1 heterocycles. The van der Waals surface area contributed by atoms with E-state index < -0.39 is 11.7 Å². The van der Waals surface area contributed by atoms with Crippen molar-refractivity contribution in [3.8, 4) is 5.69 Å². The molecular formula is C23H22F3NOS. The summed E-state index contributed by atoms with van der Waals surface area (Å²) in [6.07, 6.45) is -4.41. The molecule has 0 amide bonds. The van der Waals surface area contributed by atoms with Crippen LogP contribution in [0.4, 0.5) is 13.2 Å². The summed E-state index contributed by atoms with van der Waals surface area (Å²) < 4.78 is 40.9. The lowest BCUT2D eigenvalue weighted by molar-refractivity contribution is -0.137. The number of hydrogen-bond donors (Lipinski definition) is 0. The fourth-order valence-corrected chi connectivity index (χ4v) is 4.17. The van der Waals surface area contributed by atoms with Crippen molar-refractivity contribution in [1.82, 2.24) is 4.57 Å². The van der Waals surface area contributed by atoms with Gasteiger partial charge in [-0.05, 0) is 75.2 Å². The molecule has 1 aromatic heterocycles. The number of halogens is 3. The summed E-state index contributed by atoms with van der Waals surface area (Å²) in [6, 6.07) is 13.0. The number of thioether (sulfide) groups is 1. The van der Waals surface area contributed by atoms with Crippen molar-refractivity contribution in [3.05, 3.63) is 82.2 Å². The predicted octanol–water partition coefficient (Wildman–Crippen LogP) is 6.70. The van der Waals surface area contributed by atoms with E-state index in [-0.39, 0.29) is 11.5 Å². The molecule has 2 nitrogen and oxygen atoms in total. The van der Waals surface area contributed by atoms with E-state index in [9.17, 15) is 18.0 Å². The van der Waals surface area contributed by atoms with Crippen molar-refractivity contribution in [2.45, 2.75) is 38.8 Å². The lowest BCUT2D eigenvalue weighted by Crippen LogP contribution is -2.08. The molecule has 0 saturated heterocycles. The van der Waals surface area contributed by atoms with Gasteiger partial charge >= 0.3 is 6.18 Å². The highest BCUT2D eigenvalue weighted by Gasteiger charge is 2.30. The number of nitrogens with zero attached hydrogens (tertiary/aromatic N) is 1. The molecule has 0 aliphatic heterocycles. The zero-order valence-corrected chi connectivity index (χ0v) is 17.5. The third kappa shape index (κ3) is 4.58. The average Bonchev–Trinajstić information content (AvgIpc) is 2.96. The molecule has 0 fully saturated rings. The van der Waals surface area contributed by atoms with Crippen molar-refractivity contribution in [2.75, 3.05) is 5.75 Å². The maximum absolute atomic E-state index is 13.1. The first-order valence-corrected chi connectivity index (χ1v) is 10.2. The van der Waals surface area contributed by atoms with Gasteiger partial charge in [0.05, 0.1) is 11.3 Å². The van der Waals surface area contributed by atoms with E-state index in [0.29, 0.717) is 16.9 Å². The highest BCUT2D eigenvalue weighted by Crippen LogP contribution is 2.32. The van der Waals surface area contributed by atoms with Crippen LogP contribution in [-0.4, -0.2) is 16.1 Å². The molecule has 0 spiro atoms. The van der Waals surface area contributed by atoms with Crippen molar-refractivity contribution < 1.29 is 18.0 Å². The summed E-state index contributed by atoms with van der Waals surface area (Å²) >= 11 is 1.46. The maximum Gasteiger partial charge on any atom is 0.416 e. The standard InChI is InChI=1S/C23H22F3NOS/c1-14-8-9-20(10-15(14)2)29-13-22(28)21-11-16(3)27(17(21)4)19-7-5-6-18(12-19)23(24,25)26/h5-12H,13H2,1-4H3. The SMILES string of the molecule is Cc1ccc(SCC(=O)c2cc(C)n(-c3cccc(C(F)(F)F)c3)c2C)cc1C. The minimum Gasteiger partial charge on any atom is -0.318 e. The lowest BCUT2D eigenvalue weighted by atomic mass is 10.1.